The van der Waals surface area contributed by atoms with E-state index < -0.39 is 17.4 Å². The normalized spacial score (nSPS) is 15.5. The molecule has 6 heteroatoms. The molecule has 120 valence electrons. The molecule has 0 aromatic heterocycles. The van der Waals surface area contributed by atoms with Crippen LogP contribution in [-0.4, -0.2) is 61.2 Å². The molecule has 1 aromatic rings. The third-order valence-electron chi connectivity index (χ3n) is 3.79. The topological polar surface area (TPSA) is 81.7 Å². The van der Waals surface area contributed by atoms with Crippen molar-refractivity contribution in [2.45, 2.75) is 18.4 Å². The molecule has 0 spiro atoms. The van der Waals surface area contributed by atoms with Crippen molar-refractivity contribution in [3.8, 4) is 0 Å². The van der Waals surface area contributed by atoms with Crippen LogP contribution in [0.2, 0.25) is 0 Å². The van der Waals surface area contributed by atoms with E-state index in [4.69, 9.17) is 0 Å². The minimum atomic E-state index is -1.01. The molecule has 0 heterocycles. The number of carbonyl (C=O) groups is 2. The van der Waals surface area contributed by atoms with Gasteiger partial charge in [-0.05, 0) is 25.2 Å². The number of carbonyl (C=O) groups excluding carboxylic acids is 2. The second kappa shape index (κ2) is 6.89. The number of hydrogen-bond donors (Lipinski definition) is 3. The van der Waals surface area contributed by atoms with Crippen LogP contribution in [0.4, 0.5) is 0 Å². The fourth-order valence-corrected chi connectivity index (χ4v) is 2.60. The van der Waals surface area contributed by atoms with Gasteiger partial charge in [0.2, 0.25) is 0 Å². The highest BCUT2D eigenvalue weighted by molar-refractivity contribution is 6.35. The number of benzene rings is 1. The first-order valence-corrected chi connectivity index (χ1v) is 7.39. The summed E-state index contributed by atoms with van der Waals surface area (Å²) < 4.78 is 0. The van der Waals surface area contributed by atoms with Gasteiger partial charge in [0, 0.05) is 32.5 Å². The van der Waals surface area contributed by atoms with Gasteiger partial charge in [0.15, 0.2) is 0 Å². The zero-order valence-electron chi connectivity index (χ0n) is 13.1. The van der Waals surface area contributed by atoms with Crippen LogP contribution in [0, 0.1) is 0 Å². The predicted octanol–water partition coefficient (Wildman–Crippen LogP) is -0.690. The van der Waals surface area contributed by atoms with Gasteiger partial charge in [0.1, 0.15) is 0 Å². The number of nitrogens with zero attached hydrogens (tertiary/aromatic N) is 1. The number of aliphatic hydroxyl groups is 1. The molecule has 0 saturated carbocycles. The molecule has 1 aliphatic carbocycles. The Bertz CT molecular complexity index is 532. The van der Waals surface area contributed by atoms with Gasteiger partial charge in [-0.15, -0.1) is 0 Å². The Kier molecular flexibility index (Phi) is 5.15. The molecule has 6 nitrogen and oxygen atoms in total. The Morgan fingerprint density at radius 1 is 1.14 bits per heavy atom. The van der Waals surface area contributed by atoms with Gasteiger partial charge in [0.05, 0.1) is 5.60 Å². The van der Waals surface area contributed by atoms with E-state index in [2.05, 4.69) is 10.6 Å². The molecule has 0 atom stereocenters. The molecule has 0 bridgehead atoms. The highest BCUT2D eigenvalue weighted by Crippen LogP contribution is 2.29. The fraction of sp³-hybridized carbons (Fsp3) is 0.500. The summed E-state index contributed by atoms with van der Waals surface area (Å²) in [5, 5.41) is 15.6. The molecule has 0 unspecified atom stereocenters. The summed E-state index contributed by atoms with van der Waals surface area (Å²) >= 11 is 0. The van der Waals surface area contributed by atoms with Gasteiger partial charge in [-0.3, -0.25) is 9.59 Å². The first-order chi connectivity index (χ1) is 10.4. The summed E-state index contributed by atoms with van der Waals surface area (Å²) in [5.41, 5.74) is 1.17. The summed E-state index contributed by atoms with van der Waals surface area (Å²) in [7, 11) is 3.78. The lowest BCUT2D eigenvalue weighted by Gasteiger charge is -2.22. The van der Waals surface area contributed by atoms with Crippen molar-refractivity contribution in [2.24, 2.45) is 0 Å². The van der Waals surface area contributed by atoms with Gasteiger partial charge in [-0.2, -0.15) is 0 Å². The minimum absolute atomic E-state index is 0.0710. The van der Waals surface area contributed by atoms with E-state index in [1.54, 1.807) is 0 Å². The summed E-state index contributed by atoms with van der Waals surface area (Å²) in [4.78, 5) is 25.3. The number of nitrogens with one attached hydrogen (secondary N) is 2. The standard InChI is InChI=1S/C16H23N3O3/c1-19(2)8-7-17-14(20)15(21)18-11-16(22)9-12-5-3-4-6-13(12)10-16/h3-6,22H,7-11H2,1-2H3,(H,17,20)(H,18,21). The summed E-state index contributed by atoms with van der Waals surface area (Å²) in [6, 6.07) is 7.81. The van der Waals surface area contributed by atoms with Crippen molar-refractivity contribution in [3.63, 3.8) is 0 Å². The molecular formula is C16H23N3O3. The molecule has 1 aromatic carbocycles. The van der Waals surface area contributed by atoms with Crippen LogP contribution in [0.15, 0.2) is 24.3 Å². The zero-order chi connectivity index (χ0) is 16.2. The molecule has 1 aliphatic rings. The predicted molar refractivity (Wildman–Crippen MR) is 83.4 cm³/mol. The van der Waals surface area contributed by atoms with Crippen molar-refractivity contribution >= 4 is 11.8 Å². The Labute approximate surface area is 130 Å². The van der Waals surface area contributed by atoms with Crippen LogP contribution >= 0.6 is 0 Å². The highest BCUT2D eigenvalue weighted by Gasteiger charge is 2.35. The number of likely N-dealkylation sites (N-methyl/N-ethyl adjacent to an activating group) is 1. The average Bonchev–Trinajstić information content (AvgIpc) is 2.80. The Morgan fingerprint density at radius 2 is 1.68 bits per heavy atom. The van der Waals surface area contributed by atoms with E-state index in [0.29, 0.717) is 25.9 Å². The van der Waals surface area contributed by atoms with Crippen molar-refractivity contribution in [2.75, 3.05) is 33.7 Å². The molecule has 0 saturated heterocycles. The molecule has 22 heavy (non-hydrogen) atoms. The van der Waals surface area contributed by atoms with Gasteiger partial charge >= 0.3 is 11.8 Å². The maximum absolute atomic E-state index is 11.7. The van der Waals surface area contributed by atoms with E-state index in [1.807, 2.05) is 43.3 Å². The number of rotatable bonds is 5. The van der Waals surface area contributed by atoms with Gasteiger partial charge in [-0.25, -0.2) is 0 Å². The largest absolute Gasteiger partial charge is 0.387 e. The molecule has 2 amide bonds. The summed E-state index contributed by atoms with van der Waals surface area (Å²) in [5.74, 6) is -1.37. The monoisotopic (exact) mass is 305 g/mol. The third-order valence-corrected chi connectivity index (χ3v) is 3.79. The Hall–Kier alpha value is -1.92. The Morgan fingerprint density at radius 3 is 2.23 bits per heavy atom. The van der Waals surface area contributed by atoms with Crippen LogP contribution in [-0.2, 0) is 22.4 Å². The second-order valence-electron chi connectivity index (χ2n) is 6.09. The lowest BCUT2D eigenvalue weighted by Crippen LogP contribution is -2.48. The average molecular weight is 305 g/mol. The molecule has 0 fully saturated rings. The van der Waals surface area contributed by atoms with Crippen molar-refractivity contribution < 1.29 is 14.7 Å². The molecule has 2 rings (SSSR count). The minimum Gasteiger partial charge on any atom is -0.387 e. The van der Waals surface area contributed by atoms with Crippen LogP contribution in [0.5, 0.6) is 0 Å². The molecular weight excluding hydrogens is 282 g/mol. The van der Waals surface area contributed by atoms with E-state index >= 15 is 0 Å². The van der Waals surface area contributed by atoms with Crippen molar-refractivity contribution in [1.82, 2.24) is 15.5 Å². The number of fused-ring (bicyclic) bond motifs is 1. The lowest BCUT2D eigenvalue weighted by molar-refractivity contribution is -0.139. The van der Waals surface area contributed by atoms with Crippen LogP contribution in [0.25, 0.3) is 0 Å². The SMILES string of the molecule is CN(C)CCNC(=O)C(=O)NCC1(O)Cc2ccccc2C1. The molecule has 3 N–H and O–H groups in total. The zero-order valence-corrected chi connectivity index (χ0v) is 13.1. The highest BCUT2D eigenvalue weighted by atomic mass is 16.3. The third kappa shape index (κ3) is 4.29. The molecule has 0 aliphatic heterocycles. The van der Waals surface area contributed by atoms with E-state index in [1.165, 1.54) is 0 Å². The first-order valence-electron chi connectivity index (χ1n) is 7.39. The summed E-state index contributed by atoms with van der Waals surface area (Å²) in [6.45, 7) is 1.15. The maximum atomic E-state index is 11.7. The van der Waals surface area contributed by atoms with Crippen LogP contribution in [0.1, 0.15) is 11.1 Å². The van der Waals surface area contributed by atoms with Gasteiger partial charge in [-0.1, -0.05) is 24.3 Å². The second-order valence-corrected chi connectivity index (χ2v) is 6.09. The lowest BCUT2D eigenvalue weighted by atomic mass is 10.0. The van der Waals surface area contributed by atoms with E-state index in [9.17, 15) is 14.7 Å². The van der Waals surface area contributed by atoms with Gasteiger partial charge in [0.25, 0.3) is 0 Å². The number of hydrogen-bond acceptors (Lipinski definition) is 4. The maximum Gasteiger partial charge on any atom is 0.309 e. The van der Waals surface area contributed by atoms with E-state index in [0.717, 1.165) is 11.1 Å². The quantitative estimate of drug-likeness (QED) is 0.629. The van der Waals surface area contributed by atoms with E-state index in [-0.39, 0.29) is 6.54 Å². The van der Waals surface area contributed by atoms with Gasteiger partial charge < -0.3 is 20.6 Å². The summed E-state index contributed by atoms with van der Waals surface area (Å²) in [6.07, 6.45) is 0.984. The smallest absolute Gasteiger partial charge is 0.309 e. The Balaban J connectivity index is 1.78. The first kappa shape index (κ1) is 16.5. The van der Waals surface area contributed by atoms with Crippen LogP contribution < -0.4 is 10.6 Å². The number of amides is 2. The van der Waals surface area contributed by atoms with Crippen molar-refractivity contribution in [1.29, 1.82) is 0 Å². The molecule has 0 radical (unpaired) electrons. The fourth-order valence-electron chi connectivity index (χ4n) is 2.60. The van der Waals surface area contributed by atoms with Crippen LogP contribution in [0.3, 0.4) is 0 Å². The van der Waals surface area contributed by atoms with Crippen molar-refractivity contribution in [3.05, 3.63) is 35.4 Å².